The Morgan fingerprint density at radius 3 is 2.36 bits per heavy atom. The fraction of sp³-hybridized carbons (Fsp3) is 0.278. The van der Waals surface area contributed by atoms with Gasteiger partial charge in [0.25, 0.3) is 0 Å². The molecule has 0 saturated carbocycles. The summed E-state index contributed by atoms with van der Waals surface area (Å²) in [7, 11) is -0.750. The maximum absolute atomic E-state index is 12.2. The molecule has 0 unspecified atom stereocenters. The highest BCUT2D eigenvalue weighted by molar-refractivity contribution is 7.89. The van der Waals surface area contributed by atoms with Gasteiger partial charge >= 0.3 is 0 Å². The van der Waals surface area contributed by atoms with Crippen molar-refractivity contribution in [3.05, 3.63) is 59.2 Å². The van der Waals surface area contributed by atoms with Crippen LogP contribution in [0.15, 0.2) is 42.5 Å². The van der Waals surface area contributed by atoms with E-state index in [0.717, 1.165) is 5.56 Å². The summed E-state index contributed by atoms with van der Waals surface area (Å²) in [6.07, 6.45) is -0.0760. The molecule has 2 aromatic carbocycles. The van der Waals surface area contributed by atoms with Gasteiger partial charge < -0.3 is 9.47 Å². The molecule has 0 radical (unpaired) electrons. The third-order valence-electron chi connectivity index (χ3n) is 3.69. The Labute approximate surface area is 147 Å². The predicted octanol–water partition coefficient (Wildman–Crippen LogP) is 2.20. The number of hydrogen-bond donors (Lipinski definition) is 1. The van der Waals surface area contributed by atoms with Crippen molar-refractivity contribution < 1.29 is 22.7 Å². The van der Waals surface area contributed by atoms with Gasteiger partial charge in [-0.1, -0.05) is 30.3 Å². The van der Waals surface area contributed by atoms with Crippen LogP contribution in [0.5, 0.6) is 11.5 Å². The van der Waals surface area contributed by atoms with Crippen molar-refractivity contribution in [1.82, 2.24) is 4.72 Å². The molecule has 0 saturated heterocycles. The first-order chi connectivity index (χ1) is 11.8. The van der Waals surface area contributed by atoms with E-state index in [0.29, 0.717) is 22.6 Å². The van der Waals surface area contributed by atoms with E-state index in [9.17, 15) is 13.2 Å². The molecule has 25 heavy (non-hydrogen) atoms. The van der Waals surface area contributed by atoms with Crippen LogP contribution < -0.4 is 14.2 Å². The largest absolute Gasteiger partial charge is 0.493 e. The second-order valence-electron chi connectivity index (χ2n) is 5.58. The van der Waals surface area contributed by atoms with Crippen LogP contribution in [0.1, 0.15) is 16.7 Å². The highest BCUT2D eigenvalue weighted by atomic mass is 32.2. The highest BCUT2D eigenvalue weighted by Crippen LogP contribution is 2.27. The summed E-state index contributed by atoms with van der Waals surface area (Å²) in [4.78, 5) is 12.1. The van der Waals surface area contributed by atoms with Crippen molar-refractivity contribution in [1.29, 1.82) is 0 Å². The molecule has 0 aliphatic rings. The maximum atomic E-state index is 12.2. The Hall–Kier alpha value is -2.54. The van der Waals surface area contributed by atoms with Crippen molar-refractivity contribution in [3.8, 4) is 11.5 Å². The number of benzene rings is 2. The predicted molar refractivity (Wildman–Crippen MR) is 95.2 cm³/mol. The molecular weight excluding hydrogens is 342 g/mol. The first-order valence-electron chi connectivity index (χ1n) is 7.63. The van der Waals surface area contributed by atoms with Gasteiger partial charge in [-0.3, -0.25) is 9.52 Å². The van der Waals surface area contributed by atoms with Gasteiger partial charge in [0.1, 0.15) is 0 Å². The molecule has 0 aliphatic carbocycles. The first-order valence-corrected chi connectivity index (χ1v) is 9.28. The summed E-state index contributed by atoms with van der Waals surface area (Å²) < 4.78 is 36.8. The lowest BCUT2D eigenvalue weighted by Gasteiger charge is -2.11. The minimum Gasteiger partial charge on any atom is -0.493 e. The number of methoxy groups -OCH3 is 2. The maximum Gasteiger partial charge on any atom is 0.239 e. The first kappa shape index (κ1) is 18.8. The van der Waals surface area contributed by atoms with E-state index < -0.39 is 15.9 Å². The lowest BCUT2D eigenvalue weighted by molar-refractivity contribution is -0.118. The zero-order valence-electron chi connectivity index (χ0n) is 14.4. The minimum atomic E-state index is -3.76. The van der Waals surface area contributed by atoms with Crippen molar-refractivity contribution in [2.24, 2.45) is 0 Å². The van der Waals surface area contributed by atoms with E-state index in [4.69, 9.17) is 9.47 Å². The third kappa shape index (κ3) is 5.22. The van der Waals surface area contributed by atoms with E-state index in [-0.39, 0.29) is 12.2 Å². The number of aryl methyl sites for hydroxylation is 1. The van der Waals surface area contributed by atoms with Crippen LogP contribution in [0.25, 0.3) is 0 Å². The minimum absolute atomic E-state index is 0.0760. The van der Waals surface area contributed by atoms with Gasteiger partial charge in [0.2, 0.25) is 15.9 Å². The van der Waals surface area contributed by atoms with Gasteiger partial charge in [-0.2, -0.15) is 0 Å². The van der Waals surface area contributed by atoms with Crippen molar-refractivity contribution >= 4 is 15.9 Å². The smallest absolute Gasteiger partial charge is 0.239 e. The van der Waals surface area contributed by atoms with Crippen molar-refractivity contribution in [3.63, 3.8) is 0 Å². The number of ether oxygens (including phenoxy) is 2. The lowest BCUT2D eigenvalue weighted by atomic mass is 10.1. The zero-order chi connectivity index (χ0) is 18.4. The van der Waals surface area contributed by atoms with Crippen LogP contribution in [-0.2, 0) is 27.0 Å². The van der Waals surface area contributed by atoms with Gasteiger partial charge in [0.05, 0.1) is 26.4 Å². The number of sulfonamides is 1. The molecule has 0 atom stereocenters. The summed E-state index contributed by atoms with van der Waals surface area (Å²) in [5.41, 5.74) is 2.15. The quantitative estimate of drug-likeness (QED) is 0.816. The second-order valence-corrected chi connectivity index (χ2v) is 7.30. The molecule has 1 N–H and O–H groups in total. The molecular formula is C18H21NO5S. The molecule has 0 fully saturated rings. The van der Waals surface area contributed by atoms with E-state index in [2.05, 4.69) is 4.72 Å². The van der Waals surface area contributed by atoms with Gasteiger partial charge in [-0.25, -0.2) is 8.42 Å². The average molecular weight is 363 g/mol. The van der Waals surface area contributed by atoms with E-state index in [1.165, 1.54) is 14.2 Å². The molecule has 7 heteroatoms. The van der Waals surface area contributed by atoms with Crippen LogP contribution >= 0.6 is 0 Å². The number of carbonyl (C=O) groups excluding carboxylic acids is 1. The molecule has 2 aromatic rings. The van der Waals surface area contributed by atoms with Crippen LogP contribution in [0, 0.1) is 6.92 Å². The topological polar surface area (TPSA) is 81.7 Å². The van der Waals surface area contributed by atoms with E-state index >= 15 is 0 Å². The summed E-state index contributed by atoms with van der Waals surface area (Å²) in [6.45, 7) is 1.83. The number of rotatable bonds is 7. The normalized spacial score (nSPS) is 11.0. The molecule has 0 bridgehead atoms. The van der Waals surface area contributed by atoms with E-state index in [1.54, 1.807) is 30.3 Å². The second kappa shape index (κ2) is 8.02. The molecule has 0 heterocycles. The summed E-state index contributed by atoms with van der Waals surface area (Å²) >= 11 is 0. The summed E-state index contributed by atoms with van der Waals surface area (Å²) in [5.74, 6) is 0.187. The molecule has 2 rings (SSSR count). The monoisotopic (exact) mass is 363 g/mol. The molecule has 0 aliphatic heterocycles. The van der Waals surface area contributed by atoms with Crippen LogP contribution in [0.3, 0.4) is 0 Å². The van der Waals surface area contributed by atoms with Gasteiger partial charge in [0.15, 0.2) is 11.5 Å². The number of nitrogens with one attached hydrogen (secondary N) is 1. The van der Waals surface area contributed by atoms with Crippen LogP contribution in [0.4, 0.5) is 0 Å². The average Bonchev–Trinajstić information content (AvgIpc) is 2.56. The molecule has 1 amide bonds. The summed E-state index contributed by atoms with van der Waals surface area (Å²) in [5, 5.41) is 0. The Balaban J connectivity index is 2.05. The number of carbonyl (C=O) groups is 1. The van der Waals surface area contributed by atoms with Gasteiger partial charge in [0, 0.05) is 0 Å². The Morgan fingerprint density at radius 2 is 1.72 bits per heavy atom. The van der Waals surface area contributed by atoms with Crippen LogP contribution in [0.2, 0.25) is 0 Å². The molecule has 134 valence electrons. The third-order valence-corrected chi connectivity index (χ3v) is 4.92. The van der Waals surface area contributed by atoms with Crippen molar-refractivity contribution in [2.45, 2.75) is 19.1 Å². The SMILES string of the molecule is COc1ccc(CC(=O)NS(=O)(=O)Cc2ccccc2C)cc1OC. The Bertz CT molecular complexity index is 862. The van der Waals surface area contributed by atoms with E-state index in [1.807, 2.05) is 19.1 Å². The Morgan fingerprint density at radius 1 is 1.04 bits per heavy atom. The Kier molecular flexibility index (Phi) is 6.03. The number of amides is 1. The van der Waals surface area contributed by atoms with Crippen molar-refractivity contribution in [2.75, 3.05) is 14.2 Å². The fourth-order valence-electron chi connectivity index (χ4n) is 2.40. The molecule has 6 nitrogen and oxygen atoms in total. The molecule has 0 spiro atoms. The van der Waals surface area contributed by atoms with Gasteiger partial charge in [-0.05, 0) is 35.7 Å². The zero-order valence-corrected chi connectivity index (χ0v) is 15.2. The lowest BCUT2D eigenvalue weighted by Crippen LogP contribution is -2.32. The van der Waals surface area contributed by atoms with Gasteiger partial charge in [-0.15, -0.1) is 0 Å². The molecule has 0 aromatic heterocycles. The number of hydrogen-bond acceptors (Lipinski definition) is 5. The van der Waals surface area contributed by atoms with Crippen LogP contribution in [-0.4, -0.2) is 28.5 Å². The fourth-order valence-corrected chi connectivity index (χ4v) is 3.62. The summed E-state index contributed by atoms with van der Waals surface area (Å²) in [6, 6.07) is 12.2. The standard InChI is InChI=1S/C18H21NO5S/c1-13-6-4-5-7-15(13)12-25(21,22)19-18(20)11-14-8-9-16(23-2)17(10-14)24-3/h4-10H,11-12H2,1-3H3,(H,19,20). The highest BCUT2D eigenvalue weighted by Gasteiger charge is 2.17.